The molecule has 0 atom stereocenters. The zero-order valence-electron chi connectivity index (χ0n) is 11.5. The highest BCUT2D eigenvalue weighted by molar-refractivity contribution is 5.89. The van der Waals surface area contributed by atoms with E-state index in [4.69, 9.17) is 9.84 Å². The Hall–Kier alpha value is -2.64. The van der Waals surface area contributed by atoms with Crippen LogP contribution in [-0.4, -0.2) is 35.1 Å². The predicted molar refractivity (Wildman–Crippen MR) is 73.5 cm³/mol. The van der Waals surface area contributed by atoms with Crippen LogP contribution in [0, 0.1) is 10.1 Å². The lowest BCUT2D eigenvalue weighted by Gasteiger charge is -2.08. The zero-order valence-corrected chi connectivity index (χ0v) is 11.5. The van der Waals surface area contributed by atoms with Crippen molar-refractivity contribution in [1.29, 1.82) is 0 Å². The molecule has 0 bridgehead atoms. The van der Waals surface area contributed by atoms with Crippen LogP contribution in [0.15, 0.2) is 18.2 Å². The number of benzene rings is 1. The second-order valence-electron chi connectivity index (χ2n) is 4.24. The summed E-state index contributed by atoms with van der Waals surface area (Å²) >= 11 is 0. The van der Waals surface area contributed by atoms with Crippen molar-refractivity contribution >= 4 is 17.6 Å². The van der Waals surface area contributed by atoms with Crippen molar-refractivity contribution < 1.29 is 24.4 Å². The van der Waals surface area contributed by atoms with E-state index in [0.717, 1.165) is 18.9 Å². The molecule has 0 spiro atoms. The Kier molecular flexibility index (Phi) is 6.12. The van der Waals surface area contributed by atoms with E-state index in [1.165, 1.54) is 12.1 Å². The Morgan fingerprint density at radius 2 is 2.14 bits per heavy atom. The number of amides is 1. The SMILES string of the molecule is CCCCNC(=O)COc1ccc(C(=O)O)cc1[N+](=O)[O-]. The molecule has 0 aromatic heterocycles. The summed E-state index contributed by atoms with van der Waals surface area (Å²) in [4.78, 5) is 32.4. The summed E-state index contributed by atoms with van der Waals surface area (Å²) < 4.78 is 5.08. The van der Waals surface area contributed by atoms with Crippen LogP contribution in [-0.2, 0) is 4.79 Å². The number of carboxylic acid groups (broad SMARTS) is 1. The molecule has 21 heavy (non-hydrogen) atoms. The summed E-state index contributed by atoms with van der Waals surface area (Å²) in [7, 11) is 0. The van der Waals surface area contributed by atoms with Gasteiger partial charge in [0.2, 0.25) is 0 Å². The molecule has 0 aliphatic heterocycles. The van der Waals surface area contributed by atoms with Crippen LogP contribution in [0.4, 0.5) is 5.69 Å². The van der Waals surface area contributed by atoms with Gasteiger partial charge in [0.05, 0.1) is 10.5 Å². The minimum Gasteiger partial charge on any atom is -0.478 e. The molecule has 8 nitrogen and oxygen atoms in total. The second kappa shape index (κ2) is 7.83. The van der Waals surface area contributed by atoms with E-state index in [9.17, 15) is 19.7 Å². The van der Waals surface area contributed by atoms with Crippen LogP contribution in [0.2, 0.25) is 0 Å². The number of carboxylic acids is 1. The number of nitro benzene ring substituents is 1. The minimum atomic E-state index is -1.28. The molecule has 0 saturated heterocycles. The standard InChI is InChI=1S/C13H16N2O6/c1-2-3-6-14-12(16)8-21-11-5-4-9(13(17)18)7-10(11)15(19)20/h4-5,7H,2-3,6,8H2,1H3,(H,14,16)(H,17,18). The van der Waals surface area contributed by atoms with Crippen molar-refractivity contribution in [1.82, 2.24) is 5.32 Å². The van der Waals surface area contributed by atoms with Gasteiger partial charge in [0.25, 0.3) is 5.91 Å². The molecule has 8 heteroatoms. The van der Waals surface area contributed by atoms with Gasteiger partial charge in [0.15, 0.2) is 12.4 Å². The first-order valence-electron chi connectivity index (χ1n) is 6.37. The van der Waals surface area contributed by atoms with Gasteiger partial charge < -0.3 is 15.2 Å². The van der Waals surface area contributed by atoms with Gasteiger partial charge in [0, 0.05) is 12.6 Å². The van der Waals surface area contributed by atoms with Gasteiger partial charge in [-0.05, 0) is 18.6 Å². The van der Waals surface area contributed by atoms with Crippen molar-refractivity contribution in [2.24, 2.45) is 0 Å². The number of nitrogens with zero attached hydrogens (tertiary/aromatic N) is 1. The lowest BCUT2D eigenvalue weighted by molar-refractivity contribution is -0.385. The number of hydrogen-bond acceptors (Lipinski definition) is 5. The quantitative estimate of drug-likeness (QED) is 0.427. The number of carbonyl (C=O) groups excluding carboxylic acids is 1. The first kappa shape index (κ1) is 16.4. The molecule has 0 radical (unpaired) electrons. The van der Waals surface area contributed by atoms with E-state index in [1.54, 1.807) is 0 Å². The van der Waals surface area contributed by atoms with Crippen LogP contribution < -0.4 is 10.1 Å². The van der Waals surface area contributed by atoms with Gasteiger partial charge in [-0.25, -0.2) is 4.79 Å². The van der Waals surface area contributed by atoms with E-state index in [0.29, 0.717) is 6.54 Å². The molecule has 114 valence electrons. The maximum atomic E-state index is 11.4. The number of nitrogens with one attached hydrogen (secondary N) is 1. The molecule has 0 aliphatic carbocycles. The average Bonchev–Trinajstić information content (AvgIpc) is 2.45. The van der Waals surface area contributed by atoms with Gasteiger partial charge in [-0.15, -0.1) is 0 Å². The number of nitro groups is 1. The third-order valence-corrected chi connectivity index (χ3v) is 2.61. The molecule has 1 aromatic carbocycles. The highest BCUT2D eigenvalue weighted by Crippen LogP contribution is 2.27. The summed E-state index contributed by atoms with van der Waals surface area (Å²) in [5, 5.41) is 22.3. The maximum absolute atomic E-state index is 11.4. The van der Waals surface area contributed by atoms with Gasteiger partial charge in [-0.3, -0.25) is 14.9 Å². The van der Waals surface area contributed by atoms with Gasteiger partial charge >= 0.3 is 11.7 Å². The van der Waals surface area contributed by atoms with E-state index >= 15 is 0 Å². The smallest absolute Gasteiger partial charge is 0.335 e. The highest BCUT2D eigenvalue weighted by Gasteiger charge is 2.19. The van der Waals surface area contributed by atoms with E-state index in [-0.39, 0.29) is 23.8 Å². The third kappa shape index (κ3) is 5.09. The average molecular weight is 296 g/mol. The number of hydrogen-bond donors (Lipinski definition) is 2. The first-order chi connectivity index (χ1) is 9.95. The summed E-state index contributed by atoms with van der Waals surface area (Å²) in [5.41, 5.74) is -0.710. The fourth-order valence-electron chi connectivity index (χ4n) is 1.51. The molecule has 0 heterocycles. The molecule has 2 N–H and O–H groups in total. The fraction of sp³-hybridized carbons (Fsp3) is 0.385. The number of rotatable bonds is 8. The normalized spacial score (nSPS) is 9.95. The minimum absolute atomic E-state index is 0.143. The summed E-state index contributed by atoms with van der Waals surface area (Å²) in [6, 6.07) is 3.24. The van der Waals surface area contributed by atoms with Gasteiger partial charge in [0.1, 0.15) is 0 Å². The second-order valence-corrected chi connectivity index (χ2v) is 4.24. The fourth-order valence-corrected chi connectivity index (χ4v) is 1.51. The van der Waals surface area contributed by atoms with Crippen molar-refractivity contribution in [3.63, 3.8) is 0 Å². The topological polar surface area (TPSA) is 119 Å². The molecule has 1 aromatic rings. The Balaban J connectivity index is 2.72. The van der Waals surface area contributed by atoms with Crippen LogP contribution in [0.1, 0.15) is 30.1 Å². The lowest BCUT2D eigenvalue weighted by Crippen LogP contribution is -2.29. The molecular formula is C13H16N2O6. The van der Waals surface area contributed by atoms with E-state index in [2.05, 4.69) is 5.32 Å². The van der Waals surface area contributed by atoms with Gasteiger partial charge in [-0.1, -0.05) is 13.3 Å². The number of aromatic carboxylic acids is 1. The van der Waals surface area contributed by atoms with Crippen molar-refractivity contribution in [2.75, 3.05) is 13.2 Å². The van der Waals surface area contributed by atoms with Crippen LogP contribution in [0.3, 0.4) is 0 Å². The summed E-state index contributed by atoms with van der Waals surface area (Å²) in [5.74, 6) is -1.81. The Bertz CT molecular complexity index is 543. The van der Waals surface area contributed by atoms with Crippen molar-refractivity contribution in [3.05, 3.63) is 33.9 Å². The van der Waals surface area contributed by atoms with Crippen molar-refractivity contribution in [3.8, 4) is 5.75 Å². The largest absolute Gasteiger partial charge is 0.478 e. The molecule has 0 fully saturated rings. The monoisotopic (exact) mass is 296 g/mol. The molecule has 0 aliphatic rings. The summed E-state index contributed by atoms with van der Waals surface area (Å²) in [6.07, 6.45) is 1.77. The molecule has 1 amide bonds. The Labute approximate surface area is 120 Å². The van der Waals surface area contributed by atoms with Crippen LogP contribution >= 0.6 is 0 Å². The molecule has 0 saturated carbocycles. The number of ether oxygens (including phenoxy) is 1. The molecule has 0 unspecified atom stereocenters. The lowest BCUT2D eigenvalue weighted by atomic mass is 10.2. The maximum Gasteiger partial charge on any atom is 0.335 e. The van der Waals surface area contributed by atoms with Gasteiger partial charge in [-0.2, -0.15) is 0 Å². The highest BCUT2D eigenvalue weighted by atomic mass is 16.6. The number of unbranched alkanes of at least 4 members (excludes halogenated alkanes) is 1. The van der Waals surface area contributed by atoms with Crippen molar-refractivity contribution in [2.45, 2.75) is 19.8 Å². The number of carbonyl (C=O) groups is 2. The third-order valence-electron chi connectivity index (χ3n) is 2.61. The first-order valence-corrected chi connectivity index (χ1v) is 6.37. The molecule has 1 rings (SSSR count). The summed E-state index contributed by atoms with van der Waals surface area (Å²) in [6.45, 7) is 2.13. The van der Waals surface area contributed by atoms with E-state index < -0.39 is 16.6 Å². The Morgan fingerprint density at radius 3 is 2.71 bits per heavy atom. The molecular weight excluding hydrogens is 280 g/mol. The van der Waals surface area contributed by atoms with E-state index in [1.807, 2.05) is 6.92 Å². The van der Waals surface area contributed by atoms with Crippen LogP contribution in [0.25, 0.3) is 0 Å². The zero-order chi connectivity index (χ0) is 15.8. The Morgan fingerprint density at radius 1 is 1.43 bits per heavy atom. The predicted octanol–water partition coefficient (Wildman–Crippen LogP) is 1.59. The van der Waals surface area contributed by atoms with Crippen LogP contribution in [0.5, 0.6) is 5.75 Å².